The Balaban J connectivity index is 2.12. The predicted molar refractivity (Wildman–Crippen MR) is 75.0 cm³/mol. The van der Waals surface area contributed by atoms with E-state index in [4.69, 9.17) is 4.74 Å². The molecule has 0 aromatic heterocycles. The van der Waals surface area contributed by atoms with Crippen molar-refractivity contribution in [1.29, 1.82) is 0 Å². The molecule has 0 amide bonds. The van der Waals surface area contributed by atoms with Crippen molar-refractivity contribution in [3.05, 3.63) is 0 Å². The third kappa shape index (κ3) is 3.48. The van der Waals surface area contributed by atoms with E-state index in [0.29, 0.717) is 38.0 Å². The minimum absolute atomic E-state index is 0.0295. The Bertz CT molecular complexity index is 360. The first-order valence-electron chi connectivity index (χ1n) is 7.19. The van der Waals surface area contributed by atoms with Crippen molar-refractivity contribution in [1.82, 2.24) is 8.61 Å². The Morgan fingerprint density at radius 3 is 1.74 bits per heavy atom. The highest BCUT2D eigenvalue weighted by Gasteiger charge is 2.38. The van der Waals surface area contributed by atoms with E-state index >= 15 is 0 Å². The Labute approximate surface area is 117 Å². The van der Waals surface area contributed by atoms with E-state index in [9.17, 15) is 8.42 Å². The Morgan fingerprint density at radius 2 is 1.26 bits per heavy atom. The van der Waals surface area contributed by atoms with Gasteiger partial charge in [0.25, 0.3) is 10.2 Å². The molecule has 0 saturated carbocycles. The van der Waals surface area contributed by atoms with Crippen LogP contribution in [0.3, 0.4) is 0 Å². The smallest absolute Gasteiger partial charge is 0.282 e. The average Bonchev–Trinajstić information content (AvgIpc) is 2.26. The lowest BCUT2D eigenvalue weighted by Gasteiger charge is -2.40. The lowest BCUT2D eigenvalue weighted by molar-refractivity contribution is -0.0458. The first-order valence-corrected chi connectivity index (χ1v) is 8.59. The summed E-state index contributed by atoms with van der Waals surface area (Å²) in [7, 11) is -3.33. The van der Waals surface area contributed by atoms with Gasteiger partial charge in [-0.15, -0.1) is 0 Å². The largest absolute Gasteiger partial charge is 0.373 e. The van der Waals surface area contributed by atoms with Gasteiger partial charge in [-0.2, -0.15) is 17.0 Å². The summed E-state index contributed by atoms with van der Waals surface area (Å²) >= 11 is 0. The van der Waals surface area contributed by atoms with Gasteiger partial charge in [-0.1, -0.05) is 13.8 Å². The minimum Gasteiger partial charge on any atom is -0.373 e. The number of piperidine rings is 1. The SMILES string of the molecule is CC1CC(C)CN(S(=O)(=O)N2CC(C)OC(C)C2)C1. The zero-order valence-electron chi connectivity index (χ0n) is 12.4. The molecule has 0 N–H and O–H groups in total. The number of rotatable bonds is 2. The molecule has 2 aliphatic heterocycles. The van der Waals surface area contributed by atoms with Gasteiger partial charge in [-0.3, -0.25) is 0 Å². The van der Waals surface area contributed by atoms with Crippen LogP contribution < -0.4 is 0 Å². The second kappa shape index (κ2) is 5.68. The summed E-state index contributed by atoms with van der Waals surface area (Å²) in [5.41, 5.74) is 0. The van der Waals surface area contributed by atoms with Gasteiger partial charge in [0, 0.05) is 26.2 Å². The zero-order chi connectivity index (χ0) is 14.2. The molecule has 5 nitrogen and oxygen atoms in total. The number of hydrogen-bond donors (Lipinski definition) is 0. The van der Waals surface area contributed by atoms with Gasteiger partial charge in [0.1, 0.15) is 0 Å². The van der Waals surface area contributed by atoms with Crippen molar-refractivity contribution < 1.29 is 13.2 Å². The third-order valence-corrected chi connectivity index (χ3v) is 5.78. The van der Waals surface area contributed by atoms with E-state index < -0.39 is 10.2 Å². The first-order chi connectivity index (χ1) is 8.79. The minimum atomic E-state index is -3.33. The van der Waals surface area contributed by atoms with Gasteiger partial charge in [0.05, 0.1) is 12.2 Å². The molecule has 2 aliphatic rings. The van der Waals surface area contributed by atoms with Crippen LogP contribution in [0.4, 0.5) is 0 Å². The van der Waals surface area contributed by atoms with Crippen LogP contribution in [-0.2, 0) is 14.9 Å². The maximum atomic E-state index is 12.7. The Kier molecular flexibility index (Phi) is 4.55. The average molecular weight is 290 g/mol. The topological polar surface area (TPSA) is 49.9 Å². The van der Waals surface area contributed by atoms with Crippen molar-refractivity contribution in [2.45, 2.75) is 46.3 Å². The van der Waals surface area contributed by atoms with E-state index in [2.05, 4.69) is 13.8 Å². The maximum absolute atomic E-state index is 12.7. The molecule has 4 unspecified atom stereocenters. The molecule has 112 valence electrons. The van der Waals surface area contributed by atoms with E-state index in [1.165, 1.54) is 0 Å². The third-order valence-electron chi connectivity index (χ3n) is 3.87. The number of hydrogen-bond acceptors (Lipinski definition) is 3. The number of nitrogens with zero attached hydrogens (tertiary/aromatic N) is 2. The fourth-order valence-electron chi connectivity index (χ4n) is 3.28. The maximum Gasteiger partial charge on any atom is 0.282 e. The molecule has 0 spiro atoms. The van der Waals surface area contributed by atoms with Crippen molar-refractivity contribution in [3.63, 3.8) is 0 Å². The molecular formula is C13H26N2O3S. The van der Waals surface area contributed by atoms with Crippen molar-refractivity contribution in [2.75, 3.05) is 26.2 Å². The van der Waals surface area contributed by atoms with E-state index in [-0.39, 0.29) is 12.2 Å². The van der Waals surface area contributed by atoms with Gasteiger partial charge in [0.2, 0.25) is 0 Å². The normalized spacial score (nSPS) is 39.4. The monoisotopic (exact) mass is 290 g/mol. The van der Waals surface area contributed by atoms with Gasteiger partial charge < -0.3 is 4.74 Å². The van der Waals surface area contributed by atoms with Gasteiger partial charge in [-0.05, 0) is 32.1 Å². The van der Waals surface area contributed by atoms with Crippen LogP contribution in [0, 0.1) is 11.8 Å². The molecule has 2 rings (SSSR count). The van der Waals surface area contributed by atoms with Crippen LogP contribution in [-0.4, -0.2) is 55.4 Å². The van der Waals surface area contributed by atoms with Crippen molar-refractivity contribution in [3.8, 4) is 0 Å². The van der Waals surface area contributed by atoms with Crippen LogP contribution in [0.2, 0.25) is 0 Å². The molecule has 0 aromatic rings. The van der Waals surface area contributed by atoms with E-state index in [1.54, 1.807) is 8.61 Å². The van der Waals surface area contributed by atoms with E-state index in [0.717, 1.165) is 6.42 Å². The van der Waals surface area contributed by atoms with Crippen LogP contribution in [0.25, 0.3) is 0 Å². The fourth-order valence-corrected chi connectivity index (χ4v) is 5.29. The molecule has 2 fully saturated rings. The van der Waals surface area contributed by atoms with Gasteiger partial charge in [-0.25, -0.2) is 0 Å². The standard InChI is InChI=1S/C13H26N2O3S/c1-10-5-11(2)7-14(6-10)19(16,17)15-8-12(3)18-13(4)9-15/h10-13H,5-9H2,1-4H3. The highest BCUT2D eigenvalue weighted by molar-refractivity contribution is 7.86. The second-order valence-corrected chi connectivity index (χ2v) is 8.27. The summed E-state index contributed by atoms with van der Waals surface area (Å²) in [6, 6.07) is 0. The molecule has 0 aliphatic carbocycles. The summed E-state index contributed by atoms with van der Waals surface area (Å²) in [6.45, 7) is 10.3. The molecule has 0 radical (unpaired) electrons. The van der Waals surface area contributed by atoms with Crippen LogP contribution in [0.15, 0.2) is 0 Å². The van der Waals surface area contributed by atoms with Gasteiger partial charge >= 0.3 is 0 Å². The molecule has 0 bridgehead atoms. The molecule has 4 atom stereocenters. The van der Waals surface area contributed by atoms with Crippen LogP contribution in [0.1, 0.15) is 34.1 Å². The molecular weight excluding hydrogens is 264 g/mol. The zero-order valence-corrected chi connectivity index (χ0v) is 13.2. The Hall–Kier alpha value is -0.170. The quantitative estimate of drug-likeness (QED) is 0.770. The molecule has 0 aromatic carbocycles. The van der Waals surface area contributed by atoms with Gasteiger partial charge in [0.15, 0.2) is 0 Å². The van der Waals surface area contributed by atoms with Crippen LogP contribution in [0.5, 0.6) is 0 Å². The summed E-state index contributed by atoms with van der Waals surface area (Å²) < 4.78 is 34.3. The summed E-state index contributed by atoms with van der Waals surface area (Å²) in [5.74, 6) is 0.879. The Morgan fingerprint density at radius 1 is 0.842 bits per heavy atom. The number of morpholine rings is 1. The predicted octanol–water partition coefficient (Wildman–Crippen LogP) is 1.32. The van der Waals surface area contributed by atoms with Crippen molar-refractivity contribution in [2.24, 2.45) is 11.8 Å². The van der Waals surface area contributed by atoms with E-state index in [1.807, 2.05) is 13.8 Å². The highest BCUT2D eigenvalue weighted by Crippen LogP contribution is 2.26. The molecule has 6 heteroatoms. The highest BCUT2D eigenvalue weighted by atomic mass is 32.2. The fraction of sp³-hybridized carbons (Fsp3) is 1.00. The van der Waals surface area contributed by atoms with Crippen LogP contribution >= 0.6 is 0 Å². The first kappa shape index (κ1) is 15.2. The molecule has 2 heterocycles. The summed E-state index contributed by atoms with van der Waals surface area (Å²) in [6.07, 6.45) is 1.05. The second-order valence-electron chi connectivity index (χ2n) is 6.35. The summed E-state index contributed by atoms with van der Waals surface area (Å²) in [4.78, 5) is 0. The lowest BCUT2D eigenvalue weighted by Crippen LogP contribution is -2.55. The molecule has 19 heavy (non-hydrogen) atoms. The molecule has 2 saturated heterocycles. The number of ether oxygens (including phenoxy) is 1. The lowest BCUT2D eigenvalue weighted by atomic mass is 9.94. The van der Waals surface area contributed by atoms with Crippen molar-refractivity contribution >= 4 is 10.2 Å². The summed E-state index contributed by atoms with van der Waals surface area (Å²) in [5, 5.41) is 0.